The summed E-state index contributed by atoms with van der Waals surface area (Å²) in [5, 5.41) is 0. The van der Waals surface area contributed by atoms with Gasteiger partial charge < -0.3 is 4.74 Å². The predicted octanol–water partition coefficient (Wildman–Crippen LogP) is 2.66. The molecule has 0 saturated carbocycles. The van der Waals surface area contributed by atoms with Crippen molar-refractivity contribution >= 4 is 0 Å². The zero-order chi connectivity index (χ0) is 8.39. The van der Waals surface area contributed by atoms with E-state index in [1.54, 1.807) is 12.3 Å². The maximum absolute atomic E-state index is 7.61. The van der Waals surface area contributed by atoms with Gasteiger partial charge in [-0.3, -0.25) is 0 Å². The first-order valence-electron chi connectivity index (χ1n) is 4.25. The fraction of sp³-hybridized carbons (Fsp3) is 0.200. The Kier molecular flexibility index (Phi) is 1.37. The molecule has 11 heavy (non-hydrogen) atoms. The molecule has 0 amide bonds. The van der Waals surface area contributed by atoms with Crippen LogP contribution in [0.3, 0.4) is 0 Å². The predicted molar refractivity (Wildman–Crippen MR) is 44.0 cm³/mol. The van der Waals surface area contributed by atoms with Crippen molar-refractivity contribution in [1.82, 2.24) is 0 Å². The number of hydrogen-bond acceptors (Lipinski definition) is 1. The van der Waals surface area contributed by atoms with Crippen LogP contribution in [0, 0.1) is 0 Å². The summed E-state index contributed by atoms with van der Waals surface area (Å²) < 4.78 is 12.9. The first-order valence-corrected chi connectivity index (χ1v) is 3.67. The van der Waals surface area contributed by atoms with Crippen molar-refractivity contribution in [1.29, 1.82) is 0 Å². The topological polar surface area (TPSA) is 9.23 Å². The highest BCUT2D eigenvalue weighted by atomic mass is 16.5. The Balaban J connectivity index is 2.22. The highest BCUT2D eigenvalue weighted by Gasteiger charge is 2.12. The van der Waals surface area contributed by atoms with Crippen LogP contribution in [0.25, 0.3) is 0 Å². The minimum Gasteiger partial charge on any atom is -0.493 e. The van der Waals surface area contributed by atoms with Gasteiger partial charge in [0.15, 0.2) is 0 Å². The number of hydrogen-bond donors (Lipinski definition) is 0. The lowest BCUT2D eigenvalue weighted by atomic mass is 10.1. The molecule has 56 valence electrons. The summed E-state index contributed by atoms with van der Waals surface area (Å²) in [5.74, 6) is 0. The Labute approximate surface area is 67.7 Å². The number of ether oxygens (including phenoxy) is 1. The first kappa shape index (κ1) is 5.42. The monoisotopic (exact) mass is 147 g/mol. The highest BCUT2D eigenvalue weighted by Crippen LogP contribution is 2.25. The van der Waals surface area contributed by atoms with E-state index in [9.17, 15) is 0 Å². The lowest BCUT2D eigenvalue weighted by Gasteiger charge is -2.09. The fourth-order valence-electron chi connectivity index (χ4n) is 1.15. The van der Waals surface area contributed by atoms with Crippen LogP contribution in [0.15, 0.2) is 42.7 Å². The molecule has 2 atom stereocenters. The van der Waals surface area contributed by atoms with E-state index in [1.807, 2.05) is 30.3 Å². The van der Waals surface area contributed by atoms with Crippen molar-refractivity contribution in [3.63, 3.8) is 0 Å². The van der Waals surface area contributed by atoms with Crippen molar-refractivity contribution in [2.24, 2.45) is 0 Å². The van der Waals surface area contributed by atoms with Crippen LogP contribution in [-0.2, 0) is 4.74 Å². The van der Waals surface area contributed by atoms with Gasteiger partial charge in [0, 0.05) is 7.77 Å². The highest BCUT2D eigenvalue weighted by molar-refractivity contribution is 5.19. The molecule has 0 radical (unpaired) electrons. The molecule has 1 aromatic carbocycles. The maximum Gasteiger partial charge on any atom is 0.126 e. The van der Waals surface area contributed by atoms with Gasteiger partial charge >= 0.3 is 0 Å². The van der Waals surface area contributed by atoms with Gasteiger partial charge in [-0.2, -0.15) is 0 Å². The number of benzene rings is 1. The lowest BCUT2D eigenvalue weighted by Crippen LogP contribution is -1.93. The molecule has 0 N–H and O–H groups in total. The summed E-state index contributed by atoms with van der Waals surface area (Å²) in [7, 11) is 0. The van der Waals surface area contributed by atoms with Crippen LogP contribution in [0.1, 0.15) is 19.4 Å². The van der Waals surface area contributed by atoms with Crippen molar-refractivity contribution in [3.8, 4) is 0 Å². The molecule has 1 heterocycles. The van der Waals surface area contributed by atoms with E-state index in [0.717, 1.165) is 5.56 Å². The van der Waals surface area contributed by atoms with Gasteiger partial charge in [0.2, 0.25) is 0 Å². The van der Waals surface area contributed by atoms with Gasteiger partial charge in [-0.25, -0.2) is 0 Å². The molecule has 1 aliphatic rings. The van der Waals surface area contributed by atoms with Crippen LogP contribution >= 0.6 is 0 Å². The zero-order valence-corrected chi connectivity index (χ0v) is 6.10. The molecule has 0 bridgehead atoms. The average molecular weight is 147 g/mol. The molecule has 0 fully saturated rings. The third-order valence-corrected chi connectivity index (χ3v) is 1.72. The second-order valence-electron chi connectivity index (χ2n) is 2.49. The molecule has 1 aromatic rings. The Morgan fingerprint density at radius 2 is 2.18 bits per heavy atom. The molecular weight excluding hydrogens is 136 g/mol. The number of rotatable bonds is 1. The Morgan fingerprint density at radius 3 is 2.82 bits per heavy atom. The Hall–Kier alpha value is -1.24. The van der Waals surface area contributed by atoms with Crippen molar-refractivity contribution in [2.75, 3.05) is 0 Å². The van der Waals surface area contributed by atoms with Gasteiger partial charge in [0.25, 0.3) is 0 Å². The van der Waals surface area contributed by atoms with Crippen molar-refractivity contribution < 1.29 is 6.11 Å². The third kappa shape index (κ3) is 1.27. The standard InChI is InChI=1S/C10H10O/c1-2-5-9(6-3-1)10-7-4-8-11-10/h1-6,8,10H,7H2/t10-/m1/s1/i7D/t7-,10-. The smallest absolute Gasteiger partial charge is 0.126 e. The van der Waals surface area contributed by atoms with Crippen LogP contribution in [-0.4, -0.2) is 0 Å². The van der Waals surface area contributed by atoms with Crippen LogP contribution in [0.2, 0.25) is 0 Å². The molecule has 0 aliphatic carbocycles. The normalized spacial score (nSPS) is 29.6. The summed E-state index contributed by atoms with van der Waals surface area (Å²) >= 11 is 0. The Bertz CT molecular complexity index is 281. The van der Waals surface area contributed by atoms with Crippen molar-refractivity contribution in [2.45, 2.75) is 12.5 Å². The lowest BCUT2D eigenvalue weighted by molar-refractivity contribution is 0.173. The molecule has 1 aliphatic heterocycles. The maximum atomic E-state index is 7.61. The largest absolute Gasteiger partial charge is 0.493 e. The fourth-order valence-corrected chi connectivity index (χ4v) is 1.15. The van der Waals surface area contributed by atoms with Gasteiger partial charge in [-0.15, -0.1) is 0 Å². The molecule has 0 aromatic heterocycles. The van der Waals surface area contributed by atoms with E-state index < -0.39 is 0 Å². The van der Waals surface area contributed by atoms with Gasteiger partial charge in [-0.1, -0.05) is 30.3 Å². The molecule has 0 unspecified atom stereocenters. The van der Waals surface area contributed by atoms with Gasteiger partial charge in [0.1, 0.15) is 6.10 Å². The first-order chi connectivity index (χ1) is 5.88. The Morgan fingerprint density at radius 1 is 1.36 bits per heavy atom. The van der Waals surface area contributed by atoms with Crippen LogP contribution in [0.5, 0.6) is 0 Å². The van der Waals surface area contributed by atoms with E-state index in [4.69, 9.17) is 6.11 Å². The molecule has 0 saturated heterocycles. The minimum absolute atomic E-state index is 0.105. The van der Waals surface area contributed by atoms with E-state index in [-0.39, 0.29) is 12.5 Å². The summed E-state index contributed by atoms with van der Waals surface area (Å²) in [6.45, 7) is 0. The van der Waals surface area contributed by atoms with Crippen LogP contribution in [0.4, 0.5) is 0 Å². The van der Waals surface area contributed by atoms with Gasteiger partial charge in [-0.05, 0) is 11.6 Å². The summed E-state index contributed by atoms with van der Waals surface area (Å²) in [6, 6.07) is 9.86. The van der Waals surface area contributed by atoms with E-state index >= 15 is 0 Å². The zero-order valence-electron chi connectivity index (χ0n) is 7.10. The molecule has 0 spiro atoms. The summed E-state index contributed by atoms with van der Waals surface area (Å²) in [6.07, 6.45) is 3.01. The summed E-state index contributed by atoms with van der Waals surface area (Å²) in [4.78, 5) is 0. The van der Waals surface area contributed by atoms with E-state index in [0.29, 0.717) is 0 Å². The second kappa shape index (κ2) is 2.79. The molecule has 1 heteroatoms. The molecular formula is C10H10O. The SMILES string of the molecule is [2H][C@@H]1C=CO[C@H]1c1ccccc1. The van der Waals surface area contributed by atoms with E-state index in [1.165, 1.54) is 0 Å². The van der Waals surface area contributed by atoms with Crippen LogP contribution < -0.4 is 0 Å². The average Bonchev–Trinajstić information content (AvgIpc) is 2.53. The minimum atomic E-state index is -0.257. The quantitative estimate of drug-likeness (QED) is 0.593. The summed E-state index contributed by atoms with van der Waals surface area (Å²) in [5.41, 5.74) is 1.07. The molecule has 2 rings (SSSR count). The van der Waals surface area contributed by atoms with Gasteiger partial charge in [0.05, 0.1) is 6.26 Å². The third-order valence-electron chi connectivity index (χ3n) is 1.72. The second-order valence-corrected chi connectivity index (χ2v) is 2.49. The van der Waals surface area contributed by atoms with E-state index in [2.05, 4.69) is 0 Å². The molecule has 1 nitrogen and oxygen atoms in total. The van der Waals surface area contributed by atoms with Crippen molar-refractivity contribution in [3.05, 3.63) is 48.2 Å².